The Hall–Kier alpha value is -0.580. The van der Waals surface area contributed by atoms with Crippen molar-refractivity contribution in [2.45, 2.75) is 13.5 Å². The largest absolute Gasteiger partial charge is 0.507 e. The number of rotatable bonds is 4. The SMILES string of the molecule is CC1(CNCc2ccc(O)c(Br)c2)COC1. The van der Waals surface area contributed by atoms with E-state index in [1.54, 1.807) is 6.07 Å². The molecule has 3 nitrogen and oxygen atoms in total. The molecule has 88 valence electrons. The molecule has 4 heteroatoms. The second kappa shape index (κ2) is 4.73. The summed E-state index contributed by atoms with van der Waals surface area (Å²) in [5.74, 6) is 0.281. The highest BCUT2D eigenvalue weighted by Gasteiger charge is 2.32. The first-order chi connectivity index (χ1) is 7.59. The van der Waals surface area contributed by atoms with Crippen LogP contribution in [0, 0.1) is 5.41 Å². The third kappa shape index (κ3) is 2.75. The maximum absolute atomic E-state index is 9.36. The lowest BCUT2D eigenvalue weighted by Gasteiger charge is -2.38. The van der Waals surface area contributed by atoms with Crippen LogP contribution in [0.25, 0.3) is 0 Å². The Morgan fingerprint density at radius 1 is 1.50 bits per heavy atom. The molecular weight excluding hydrogens is 270 g/mol. The minimum absolute atomic E-state index is 0.281. The van der Waals surface area contributed by atoms with Crippen molar-refractivity contribution >= 4 is 15.9 Å². The molecule has 0 aliphatic carbocycles. The summed E-state index contributed by atoms with van der Waals surface area (Å²) in [6, 6.07) is 5.56. The molecule has 1 aromatic carbocycles. The van der Waals surface area contributed by atoms with Gasteiger partial charge < -0.3 is 15.2 Å². The molecule has 1 aromatic rings. The molecule has 0 atom stereocenters. The normalized spacial score (nSPS) is 18.1. The predicted molar refractivity (Wildman–Crippen MR) is 66.4 cm³/mol. The summed E-state index contributed by atoms with van der Waals surface area (Å²) in [4.78, 5) is 0. The summed E-state index contributed by atoms with van der Waals surface area (Å²) in [7, 11) is 0. The second-order valence-electron chi connectivity index (χ2n) is 4.69. The molecule has 1 saturated heterocycles. The van der Waals surface area contributed by atoms with Crippen LogP contribution in [0.4, 0.5) is 0 Å². The van der Waals surface area contributed by atoms with E-state index in [1.165, 1.54) is 0 Å². The number of halogens is 1. The lowest BCUT2D eigenvalue weighted by atomic mass is 9.89. The van der Waals surface area contributed by atoms with Crippen molar-refractivity contribution in [3.05, 3.63) is 28.2 Å². The smallest absolute Gasteiger partial charge is 0.129 e. The quantitative estimate of drug-likeness (QED) is 0.892. The van der Waals surface area contributed by atoms with Crippen LogP contribution < -0.4 is 5.32 Å². The van der Waals surface area contributed by atoms with E-state index in [4.69, 9.17) is 4.74 Å². The molecule has 0 spiro atoms. The Morgan fingerprint density at radius 2 is 2.25 bits per heavy atom. The Kier molecular flexibility index (Phi) is 3.52. The molecular formula is C12H16BrNO2. The summed E-state index contributed by atoms with van der Waals surface area (Å²) in [6.45, 7) is 5.69. The van der Waals surface area contributed by atoms with Crippen molar-refractivity contribution in [1.82, 2.24) is 5.32 Å². The van der Waals surface area contributed by atoms with Gasteiger partial charge in [0.05, 0.1) is 17.7 Å². The van der Waals surface area contributed by atoms with Crippen molar-refractivity contribution in [3.63, 3.8) is 0 Å². The molecule has 1 aliphatic heterocycles. The number of hydrogen-bond acceptors (Lipinski definition) is 3. The number of aromatic hydroxyl groups is 1. The average Bonchev–Trinajstić information content (AvgIpc) is 2.21. The minimum atomic E-state index is 0.281. The van der Waals surface area contributed by atoms with Crippen LogP contribution in [0.15, 0.2) is 22.7 Å². The summed E-state index contributed by atoms with van der Waals surface area (Å²) >= 11 is 3.30. The molecule has 1 heterocycles. The monoisotopic (exact) mass is 285 g/mol. The molecule has 0 aromatic heterocycles. The Morgan fingerprint density at radius 3 is 2.81 bits per heavy atom. The molecule has 1 fully saturated rings. The van der Waals surface area contributed by atoms with E-state index in [2.05, 4.69) is 28.2 Å². The third-order valence-corrected chi connectivity index (χ3v) is 3.43. The van der Waals surface area contributed by atoms with Gasteiger partial charge in [-0.3, -0.25) is 0 Å². The van der Waals surface area contributed by atoms with Gasteiger partial charge in [-0.2, -0.15) is 0 Å². The van der Waals surface area contributed by atoms with Crippen molar-refractivity contribution in [2.75, 3.05) is 19.8 Å². The third-order valence-electron chi connectivity index (χ3n) is 2.79. The maximum atomic E-state index is 9.36. The Labute approximate surface area is 104 Å². The molecule has 16 heavy (non-hydrogen) atoms. The van der Waals surface area contributed by atoms with Crippen molar-refractivity contribution in [2.24, 2.45) is 5.41 Å². The molecule has 1 aliphatic rings. The van der Waals surface area contributed by atoms with Gasteiger partial charge in [0.15, 0.2) is 0 Å². The molecule has 0 radical (unpaired) electrons. The number of nitrogens with one attached hydrogen (secondary N) is 1. The van der Waals surface area contributed by atoms with Crippen molar-refractivity contribution < 1.29 is 9.84 Å². The number of ether oxygens (including phenoxy) is 1. The zero-order chi connectivity index (χ0) is 11.6. The Balaban J connectivity index is 1.83. The van der Waals surface area contributed by atoms with Crippen LogP contribution >= 0.6 is 15.9 Å². The highest BCUT2D eigenvalue weighted by molar-refractivity contribution is 9.10. The highest BCUT2D eigenvalue weighted by Crippen LogP contribution is 2.26. The van der Waals surface area contributed by atoms with Gasteiger partial charge in [0.25, 0.3) is 0 Å². The maximum Gasteiger partial charge on any atom is 0.129 e. The van der Waals surface area contributed by atoms with Crippen molar-refractivity contribution in [1.29, 1.82) is 0 Å². The van der Waals surface area contributed by atoms with Gasteiger partial charge in [0.1, 0.15) is 5.75 Å². The van der Waals surface area contributed by atoms with Gasteiger partial charge in [-0.15, -0.1) is 0 Å². The zero-order valence-electron chi connectivity index (χ0n) is 9.29. The highest BCUT2D eigenvalue weighted by atomic mass is 79.9. The second-order valence-corrected chi connectivity index (χ2v) is 5.55. The lowest BCUT2D eigenvalue weighted by molar-refractivity contribution is -0.0991. The van der Waals surface area contributed by atoms with E-state index < -0.39 is 0 Å². The van der Waals surface area contributed by atoms with Crippen LogP contribution in [0.2, 0.25) is 0 Å². The van der Waals surface area contributed by atoms with Gasteiger partial charge in [-0.1, -0.05) is 13.0 Å². The van der Waals surface area contributed by atoms with Crippen LogP contribution in [0.1, 0.15) is 12.5 Å². The fourth-order valence-corrected chi connectivity index (χ4v) is 2.15. The first-order valence-electron chi connectivity index (χ1n) is 5.35. The molecule has 2 rings (SSSR count). The van der Waals surface area contributed by atoms with E-state index in [0.29, 0.717) is 5.41 Å². The molecule has 0 saturated carbocycles. The fraction of sp³-hybridized carbons (Fsp3) is 0.500. The predicted octanol–water partition coefficient (Wildman–Crippen LogP) is 2.28. The number of hydrogen-bond donors (Lipinski definition) is 2. The topological polar surface area (TPSA) is 41.5 Å². The molecule has 2 N–H and O–H groups in total. The van der Waals surface area contributed by atoms with Gasteiger partial charge in [0.2, 0.25) is 0 Å². The van der Waals surface area contributed by atoms with Crippen LogP contribution in [0.3, 0.4) is 0 Å². The van der Waals surface area contributed by atoms with Crippen molar-refractivity contribution in [3.8, 4) is 5.75 Å². The van der Waals surface area contributed by atoms with Gasteiger partial charge in [0, 0.05) is 18.5 Å². The molecule has 0 unspecified atom stereocenters. The number of phenols is 1. The standard InChI is InChI=1S/C12H16BrNO2/c1-12(7-16-8-12)6-14-5-9-2-3-11(15)10(13)4-9/h2-4,14-15H,5-8H2,1H3. The van der Waals surface area contributed by atoms with Gasteiger partial charge in [-0.05, 0) is 33.6 Å². The summed E-state index contributed by atoms with van der Waals surface area (Å²) in [6.07, 6.45) is 0. The van der Waals surface area contributed by atoms with E-state index >= 15 is 0 Å². The van der Waals surface area contributed by atoms with Crippen LogP contribution in [0.5, 0.6) is 5.75 Å². The fourth-order valence-electron chi connectivity index (χ4n) is 1.72. The van der Waals surface area contributed by atoms with E-state index in [-0.39, 0.29) is 5.75 Å². The molecule has 0 amide bonds. The molecule has 0 bridgehead atoms. The zero-order valence-corrected chi connectivity index (χ0v) is 10.9. The summed E-state index contributed by atoms with van der Waals surface area (Å²) < 4.78 is 5.94. The number of phenolic OH excluding ortho intramolecular Hbond substituents is 1. The van der Waals surface area contributed by atoms with Crippen LogP contribution in [-0.2, 0) is 11.3 Å². The first-order valence-corrected chi connectivity index (χ1v) is 6.14. The van der Waals surface area contributed by atoms with E-state index in [9.17, 15) is 5.11 Å². The number of benzene rings is 1. The van der Waals surface area contributed by atoms with E-state index in [0.717, 1.165) is 36.3 Å². The van der Waals surface area contributed by atoms with Gasteiger partial charge in [-0.25, -0.2) is 0 Å². The van der Waals surface area contributed by atoms with Gasteiger partial charge >= 0.3 is 0 Å². The van der Waals surface area contributed by atoms with Crippen LogP contribution in [-0.4, -0.2) is 24.9 Å². The summed E-state index contributed by atoms with van der Waals surface area (Å²) in [5.41, 5.74) is 1.46. The minimum Gasteiger partial charge on any atom is -0.507 e. The lowest BCUT2D eigenvalue weighted by Crippen LogP contribution is -2.47. The Bertz CT molecular complexity index is 377. The first kappa shape index (κ1) is 11.9. The average molecular weight is 286 g/mol. The van der Waals surface area contributed by atoms with E-state index in [1.807, 2.05) is 12.1 Å². The summed E-state index contributed by atoms with van der Waals surface area (Å²) in [5, 5.41) is 12.8.